The minimum atomic E-state index is -0.413. The molecule has 0 atom stereocenters. The molecule has 5 heteroatoms. The van der Waals surface area contributed by atoms with Gasteiger partial charge in [0.2, 0.25) is 0 Å². The molecule has 0 saturated carbocycles. The molecule has 2 rings (SSSR count). The number of nitro groups is 1. The highest BCUT2D eigenvalue weighted by atomic mass is 35.5. The zero-order valence-electron chi connectivity index (χ0n) is 9.82. The summed E-state index contributed by atoms with van der Waals surface area (Å²) >= 11 is 7.31. The number of non-ortho nitro benzene ring substituents is 1. The maximum atomic E-state index is 10.6. The maximum Gasteiger partial charge on any atom is 0.269 e. The van der Waals surface area contributed by atoms with Crippen molar-refractivity contribution in [3.63, 3.8) is 0 Å². The Bertz CT molecular complexity index is 597. The summed E-state index contributed by atoms with van der Waals surface area (Å²) in [4.78, 5) is 12.0. The van der Waals surface area contributed by atoms with Gasteiger partial charge in [0.05, 0.1) is 4.92 Å². The van der Waals surface area contributed by atoms with E-state index in [2.05, 4.69) is 0 Å². The van der Waals surface area contributed by atoms with Crippen LogP contribution in [0, 0.1) is 10.1 Å². The lowest BCUT2D eigenvalue weighted by atomic mass is 10.2. The van der Waals surface area contributed by atoms with Crippen LogP contribution >= 0.6 is 23.4 Å². The molecule has 0 spiro atoms. The van der Waals surface area contributed by atoms with Gasteiger partial charge in [-0.15, -0.1) is 0 Å². The second kappa shape index (κ2) is 6.41. The Morgan fingerprint density at radius 2 is 1.74 bits per heavy atom. The van der Waals surface area contributed by atoms with E-state index in [-0.39, 0.29) is 5.69 Å². The third-order valence-corrected chi connectivity index (χ3v) is 3.86. The third kappa shape index (κ3) is 3.59. The molecule has 0 amide bonds. The Balaban J connectivity index is 2.18. The minimum absolute atomic E-state index is 0.0838. The highest BCUT2D eigenvalue weighted by Gasteiger charge is 2.07. The summed E-state index contributed by atoms with van der Waals surface area (Å²) < 4.78 is 0. The van der Waals surface area contributed by atoms with Gasteiger partial charge in [-0.2, -0.15) is 0 Å². The Kier molecular flexibility index (Phi) is 4.60. The Morgan fingerprint density at radius 3 is 2.26 bits per heavy atom. The molecule has 96 valence electrons. The summed E-state index contributed by atoms with van der Waals surface area (Å²) in [5.74, 6) is 0. The first-order chi connectivity index (χ1) is 9.20. The topological polar surface area (TPSA) is 43.1 Å². The van der Waals surface area contributed by atoms with E-state index in [1.165, 1.54) is 29.4 Å². The van der Waals surface area contributed by atoms with Gasteiger partial charge in [0.1, 0.15) is 0 Å². The molecular weight excluding hydrogens is 282 g/mol. The van der Waals surface area contributed by atoms with Crippen molar-refractivity contribution in [3.05, 3.63) is 75.8 Å². The van der Waals surface area contributed by atoms with Crippen LogP contribution in [0.15, 0.2) is 65.0 Å². The van der Waals surface area contributed by atoms with Gasteiger partial charge in [-0.25, -0.2) is 0 Å². The van der Waals surface area contributed by atoms with Gasteiger partial charge >= 0.3 is 0 Å². The Morgan fingerprint density at radius 1 is 1.11 bits per heavy atom. The smallest absolute Gasteiger partial charge is 0.258 e. The van der Waals surface area contributed by atoms with Gasteiger partial charge in [0, 0.05) is 27.5 Å². The number of hydrogen-bond acceptors (Lipinski definition) is 3. The predicted molar refractivity (Wildman–Crippen MR) is 79.2 cm³/mol. The van der Waals surface area contributed by atoms with Crippen molar-refractivity contribution in [1.82, 2.24) is 0 Å². The van der Waals surface area contributed by atoms with Crippen molar-refractivity contribution in [2.75, 3.05) is 0 Å². The lowest BCUT2D eigenvalue weighted by molar-refractivity contribution is -0.384. The SMILES string of the molecule is O=[N+]([O-])c1ccc(S/C(=C/Cl)c2ccccc2)cc1. The lowest BCUT2D eigenvalue weighted by Gasteiger charge is -2.06. The van der Waals surface area contributed by atoms with Crippen molar-refractivity contribution in [2.45, 2.75) is 4.90 Å². The molecular formula is C14H10ClNO2S. The van der Waals surface area contributed by atoms with Crippen molar-refractivity contribution in [3.8, 4) is 0 Å². The highest BCUT2D eigenvalue weighted by molar-refractivity contribution is 8.08. The molecule has 0 aliphatic rings. The van der Waals surface area contributed by atoms with E-state index in [0.717, 1.165) is 15.4 Å². The number of benzene rings is 2. The van der Waals surface area contributed by atoms with Crippen LogP contribution in [-0.2, 0) is 0 Å². The van der Waals surface area contributed by atoms with E-state index in [0.29, 0.717) is 0 Å². The fourth-order valence-corrected chi connectivity index (χ4v) is 2.59. The monoisotopic (exact) mass is 291 g/mol. The molecule has 0 aromatic heterocycles. The quantitative estimate of drug-likeness (QED) is 0.456. The molecule has 2 aromatic rings. The van der Waals surface area contributed by atoms with Crippen LogP contribution in [-0.4, -0.2) is 4.92 Å². The van der Waals surface area contributed by atoms with Crippen LogP contribution < -0.4 is 0 Å². The van der Waals surface area contributed by atoms with Crippen LogP contribution in [0.2, 0.25) is 0 Å². The summed E-state index contributed by atoms with van der Waals surface area (Å²) in [7, 11) is 0. The average molecular weight is 292 g/mol. The van der Waals surface area contributed by atoms with Crippen LogP contribution in [0.5, 0.6) is 0 Å². The Hall–Kier alpha value is -1.78. The molecule has 19 heavy (non-hydrogen) atoms. The van der Waals surface area contributed by atoms with Crippen molar-refractivity contribution in [2.24, 2.45) is 0 Å². The first kappa shape index (κ1) is 13.6. The van der Waals surface area contributed by atoms with Crippen LogP contribution in [0.4, 0.5) is 5.69 Å². The molecule has 0 bridgehead atoms. The molecule has 3 nitrogen and oxygen atoms in total. The molecule has 0 aliphatic carbocycles. The molecule has 0 fully saturated rings. The summed E-state index contributed by atoms with van der Waals surface area (Å²) in [6, 6.07) is 16.1. The minimum Gasteiger partial charge on any atom is -0.258 e. The van der Waals surface area contributed by atoms with Crippen molar-refractivity contribution >= 4 is 34.0 Å². The number of nitro benzene ring substituents is 1. The fraction of sp³-hybridized carbons (Fsp3) is 0. The van der Waals surface area contributed by atoms with Gasteiger partial charge in [0.15, 0.2) is 0 Å². The molecule has 0 unspecified atom stereocenters. The zero-order valence-corrected chi connectivity index (χ0v) is 11.4. The van der Waals surface area contributed by atoms with Crippen LogP contribution in [0.3, 0.4) is 0 Å². The van der Waals surface area contributed by atoms with Crippen molar-refractivity contribution < 1.29 is 4.92 Å². The second-order valence-corrected chi connectivity index (χ2v) is 5.03. The summed E-state index contributed by atoms with van der Waals surface area (Å²) in [6.07, 6.45) is 0. The maximum absolute atomic E-state index is 10.6. The van der Waals surface area contributed by atoms with E-state index in [4.69, 9.17) is 11.6 Å². The number of nitrogens with zero attached hydrogens (tertiary/aromatic N) is 1. The van der Waals surface area contributed by atoms with Gasteiger partial charge in [-0.05, 0) is 17.7 Å². The number of rotatable bonds is 4. The summed E-state index contributed by atoms with van der Waals surface area (Å²) in [6.45, 7) is 0. The zero-order chi connectivity index (χ0) is 13.7. The summed E-state index contributed by atoms with van der Waals surface area (Å²) in [5, 5.41) is 10.6. The first-order valence-corrected chi connectivity index (χ1v) is 6.74. The van der Waals surface area contributed by atoms with E-state index < -0.39 is 4.92 Å². The largest absolute Gasteiger partial charge is 0.269 e. The van der Waals surface area contributed by atoms with E-state index >= 15 is 0 Å². The number of halogens is 1. The molecule has 0 heterocycles. The van der Waals surface area contributed by atoms with E-state index in [9.17, 15) is 10.1 Å². The number of thioether (sulfide) groups is 1. The van der Waals surface area contributed by atoms with Gasteiger partial charge in [-0.1, -0.05) is 53.7 Å². The van der Waals surface area contributed by atoms with Gasteiger partial charge < -0.3 is 0 Å². The average Bonchev–Trinajstić information content (AvgIpc) is 2.46. The summed E-state index contributed by atoms with van der Waals surface area (Å²) in [5.41, 5.74) is 2.61. The van der Waals surface area contributed by atoms with Crippen LogP contribution in [0.1, 0.15) is 5.56 Å². The highest BCUT2D eigenvalue weighted by Crippen LogP contribution is 2.35. The number of hydrogen-bond donors (Lipinski definition) is 0. The second-order valence-electron chi connectivity index (χ2n) is 3.69. The standard InChI is InChI=1S/C14H10ClNO2S/c15-10-14(11-4-2-1-3-5-11)19-13-8-6-12(7-9-13)16(17)18/h1-10H/b14-10+. The molecule has 2 aromatic carbocycles. The predicted octanol–water partition coefficient (Wildman–Crippen LogP) is 4.92. The molecule has 0 saturated heterocycles. The first-order valence-electron chi connectivity index (χ1n) is 5.49. The molecule has 0 radical (unpaired) electrons. The van der Waals surface area contributed by atoms with E-state index in [1.807, 2.05) is 30.3 Å². The lowest BCUT2D eigenvalue weighted by Crippen LogP contribution is -1.86. The van der Waals surface area contributed by atoms with Gasteiger partial charge in [-0.3, -0.25) is 10.1 Å². The van der Waals surface area contributed by atoms with Crippen molar-refractivity contribution in [1.29, 1.82) is 0 Å². The normalized spacial score (nSPS) is 11.3. The molecule has 0 N–H and O–H groups in total. The van der Waals surface area contributed by atoms with Gasteiger partial charge in [0.25, 0.3) is 5.69 Å². The molecule has 0 aliphatic heterocycles. The Labute approximate surface area is 120 Å². The third-order valence-electron chi connectivity index (χ3n) is 2.43. The fourth-order valence-electron chi connectivity index (χ4n) is 1.51. The van der Waals surface area contributed by atoms with E-state index in [1.54, 1.807) is 12.1 Å². The van der Waals surface area contributed by atoms with Crippen LogP contribution in [0.25, 0.3) is 4.91 Å².